The average molecular weight is 507 g/mol. The van der Waals surface area contributed by atoms with E-state index < -0.39 is 11.5 Å². The van der Waals surface area contributed by atoms with Gasteiger partial charge < -0.3 is 39.3 Å². The maximum atomic E-state index is 10.3. The number of aliphatic carboxylic acids is 1. The molecule has 0 aliphatic rings. The number of hydrogen-bond acceptors (Lipinski definition) is 9. The van der Waals surface area contributed by atoms with Crippen LogP contribution in [0.4, 0.5) is 0 Å². The Morgan fingerprint density at radius 1 is 0.861 bits per heavy atom. The molecule has 3 N–H and O–H groups in total. The van der Waals surface area contributed by atoms with Crippen LogP contribution in [0.1, 0.15) is 19.4 Å². The molecule has 0 unspecified atom stereocenters. The number of benzene rings is 1. The van der Waals surface area contributed by atoms with Crippen LogP contribution in [0.3, 0.4) is 0 Å². The Bertz CT molecular complexity index is 874. The number of rotatable bonds is 20. The molecule has 10 heteroatoms. The molecule has 0 atom stereocenters. The monoisotopic (exact) mass is 506 g/mol. The molecule has 1 aromatic heterocycles. The van der Waals surface area contributed by atoms with Gasteiger partial charge in [-0.3, -0.25) is 4.98 Å². The molecule has 10 nitrogen and oxygen atoms in total. The third kappa shape index (κ3) is 12.4. The third-order valence-corrected chi connectivity index (χ3v) is 4.90. The topological polar surface area (TPSA) is 132 Å². The zero-order valence-electron chi connectivity index (χ0n) is 21.1. The highest BCUT2D eigenvalue weighted by atomic mass is 16.6. The summed E-state index contributed by atoms with van der Waals surface area (Å²) in [6.45, 7) is 7.65. The van der Waals surface area contributed by atoms with Crippen molar-refractivity contribution in [2.75, 3.05) is 72.7 Å². The number of nitrogens with zero attached hydrogens (tertiary/aromatic N) is 1. The molecule has 0 saturated heterocycles. The summed E-state index contributed by atoms with van der Waals surface area (Å²) in [4.78, 5) is 14.5. The lowest BCUT2D eigenvalue weighted by Crippen LogP contribution is -2.28. The van der Waals surface area contributed by atoms with Crippen molar-refractivity contribution in [1.29, 1.82) is 0 Å². The number of aromatic nitrogens is 1. The van der Waals surface area contributed by atoms with Gasteiger partial charge in [0, 0.05) is 29.1 Å². The smallest absolute Gasteiger partial charge is 0.329 e. The summed E-state index contributed by atoms with van der Waals surface area (Å²) in [5.74, 6) is -0.252. The van der Waals surface area contributed by atoms with E-state index in [0.717, 1.165) is 22.4 Å². The number of nitrogens with two attached hydrogens (primary N) is 1. The van der Waals surface area contributed by atoms with Crippen LogP contribution >= 0.6 is 0 Å². The first-order valence-electron chi connectivity index (χ1n) is 11.9. The zero-order valence-corrected chi connectivity index (χ0v) is 21.1. The van der Waals surface area contributed by atoms with Crippen LogP contribution in [0.15, 0.2) is 42.7 Å². The first kappa shape index (κ1) is 29.6. The molecule has 0 amide bonds. The number of carbonyl (C=O) groups is 1. The van der Waals surface area contributed by atoms with Gasteiger partial charge in [0.1, 0.15) is 19.0 Å². The van der Waals surface area contributed by atoms with E-state index in [1.54, 1.807) is 12.4 Å². The van der Waals surface area contributed by atoms with Crippen molar-refractivity contribution in [3.05, 3.63) is 48.3 Å². The highest BCUT2D eigenvalue weighted by molar-refractivity contribution is 5.70. The van der Waals surface area contributed by atoms with Gasteiger partial charge in [-0.15, -0.1) is 0 Å². The molecule has 0 spiro atoms. The molecular weight excluding hydrogens is 468 g/mol. The number of carboxylic acids is 1. The SMILES string of the molecule is CC(C)(N)c1ccc(-c2cccnc2)c(OCCOCCOCCOCCOCCOCC(=O)O)c1. The molecule has 1 heterocycles. The van der Waals surface area contributed by atoms with Crippen LogP contribution in [0.25, 0.3) is 11.1 Å². The van der Waals surface area contributed by atoms with Gasteiger partial charge in [-0.05, 0) is 31.5 Å². The second-order valence-corrected chi connectivity index (χ2v) is 8.42. The van der Waals surface area contributed by atoms with E-state index in [1.807, 2.05) is 44.2 Å². The van der Waals surface area contributed by atoms with E-state index in [9.17, 15) is 4.79 Å². The van der Waals surface area contributed by atoms with E-state index in [2.05, 4.69) is 4.98 Å². The Labute approximate surface area is 212 Å². The average Bonchev–Trinajstić information content (AvgIpc) is 2.85. The van der Waals surface area contributed by atoms with Crippen molar-refractivity contribution < 1.29 is 38.3 Å². The molecule has 36 heavy (non-hydrogen) atoms. The maximum absolute atomic E-state index is 10.3. The second-order valence-electron chi connectivity index (χ2n) is 8.42. The molecule has 0 radical (unpaired) electrons. The largest absolute Gasteiger partial charge is 0.491 e. The minimum absolute atomic E-state index is 0.240. The lowest BCUT2D eigenvalue weighted by Gasteiger charge is -2.21. The Hall–Kier alpha value is -2.60. The summed E-state index contributed by atoms with van der Waals surface area (Å²) in [5.41, 5.74) is 8.71. The van der Waals surface area contributed by atoms with Crippen LogP contribution in [0.5, 0.6) is 5.75 Å². The third-order valence-electron chi connectivity index (χ3n) is 4.90. The molecule has 0 aliphatic heterocycles. The maximum Gasteiger partial charge on any atom is 0.329 e. The Morgan fingerprint density at radius 2 is 1.42 bits per heavy atom. The van der Waals surface area contributed by atoms with Gasteiger partial charge in [0.05, 0.1) is 59.5 Å². The fraction of sp³-hybridized carbons (Fsp3) is 0.538. The highest BCUT2D eigenvalue weighted by Crippen LogP contribution is 2.33. The first-order valence-corrected chi connectivity index (χ1v) is 11.9. The van der Waals surface area contributed by atoms with Crippen molar-refractivity contribution in [1.82, 2.24) is 4.98 Å². The van der Waals surface area contributed by atoms with Crippen molar-refractivity contribution in [2.45, 2.75) is 19.4 Å². The molecule has 0 bridgehead atoms. The highest BCUT2D eigenvalue weighted by Gasteiger charge is 2.17. The molecule has 200 valence electrons. The summed E-state index contributed by atoms with van der Waals surface area (Å²) >= 11 is 0. The van der Waals surface area contributed by atoms with Crippen LogP contribution in [0.2, 0.25) is 0 Å². The minimum Gasteiger partial charge on any atom is -0.491 e. The van der Waals surface area contributed by atoms with Crippen molar-refractivity contribution in [2.24, 2.45) is 5.73 Å². The van der Waals surface area contributed by atoms with Crippen molar-refractivity contribution in [3.63, 3.8) is 0 Å². The van der Waals surface area contributed by atoms with E-state index in [-0.39, 0.29) is 13.2 Å². The van der Waals surface area contributed by atoms with Crippen molar-refractivity contribution >= 4 is 5.97 Å². The fourth-order valence-corrected chi connectivity index (χ4v) is 3.05. The molecule has 2 rings (SSSR count). The molecule has 0 fully saturated rings. The summed E-state index contributed by atoms with van der Waals surface area (Å²) in [7, 11) is 0. The van der Waals surface area contributed by atoms with Gasteiger partial charge in [-0.25, -0.2) is 4.79 Å². The Balaban J connectivity index is 1.54. The minimum atomic E-state index is -0.995. The van der Waals surface area contributed by atoms with Gasteiger partial charge >= 0.3 is 5.97 Å². The number of pyridine rings is 1. The number of ether oxygens (including phenoxy) is 6. The second kappa shape index (κ2) is 17.0. The quantitative estimate of drug-likeness (QED) is 0.258. The van der Waals surface area contributed by atoms with Gasteiger partial charge in [-0.1, -0.05) is 18.2 Å². The van der Waals surface area contributed by atoms with Gasteiger partial charge in [0.15, 0.2) is 0 Å². The van der Waals surface area contributed by atoms with E-state index in [4.69, 9.17) is 39.3 Å². The van der Waals surface area contributed by atoms with Crippen LogP contribution in [-0.2, 0) is 34.0 Å². The Kier molecular flexibility index (Phi) is 14.0. The summed E-state index contributed by atoms with van der Waals surface area (Å²) in [6.07, 6.45) is 3.55. The Morgan fingerprint density at radius 3 is 1.92 bits per heavy atom. The summed E-state index contributed by atoms with van der Waals surface area (Å²) in [5, 5.41) is 8.43. The van der Waals surface area contributed by atoms with Crippen molar-refractivity contribution in [3.8, 4) is 16.9 Å². The molecule has 0 saturated carbocycles. The van der Waals surface area contributed by atoms with Crippen LogP contribution < -0.4 is 10.5 Å². The first-order chi connectivity index (χ1) is 17.4. The van der Waals surface area contributed by atoms with E-state index in [0.29, 0.717) is 59.5 Å². The standard InChI is InChI=1S/C26H38N2O8/c1-26(2,27)22-5-6-23(21-4-3-7-28-19-21)24(18-22)36-17-16-34-13-12-32-9-8-31-10-11-33-14-15-35-20-25(29)30/h3-7,18-19H,8-17,20,27H2,1-2H3,(H,29,30). The molecule has 1 aromatic carbocycles. The fourth-order valence-electron chi connectivity index (χ4n) is 3.05. The lowest BCUT2D eigenvalue weighted by atomic mass is 9.93. The summed E-state index contributed by atoms with van der Waals surface area (Å²) in [6, 6.07) is 9.89. The summed E-state index contributed by atoms with van der Waals surface area (Å²) < 4.78 is 32.6. The van der Waals surface area contributed by atoms with Gasteiger partial charge in [0.2, 0.25) is 0 Å². The lowest BCUT2D eigenvalue weighted by molar-refractivity contribution is -0.142. The van der Waals surface area contributed by atoms with Crippen LogP contribution in [0, 0.1) is 0 Å². The normalized spacial score (nSPS) is 11.5. The molecular formula is C26H38N2O8. The van der Waals surface area contributed by atoms with Gasteiger partial charge in [-0.2, -0.15) is 0 Å². The van der Waals surface area contributed by atoms with Gasteiger partial charge in [0.25, 0.3) is 0 Å². The van der Waals surface area contributed by atoms with Crippen LogP contribution in [-0.4, -0.2) is 88.7 Å². The molecule has 0 aliphatic carbocycles. The van der Waals surface area contributed by atoms with E-state index >= 15 is 0 Å². The van der Waals surface area contributed by atoms with E-state index in [1.165, 1.54) is 0 Å². The number of hydrogen-bond donors (Lipinski definition) is 2. The zero-order chi connectivity index (χ0) is 26.1. The number of carboxylic acid groups (broad SMARTS) is 1. The molecule has 2 aromatic rings. The predicted octanol–water partition coefficient (Wildman–Crippen LogP) is 2.49. The predicted molar refractivity (Wildman–Crippen MR) is 134 cm³/mol.